The zero-order valence-electron chi connectivity index (χ0n) is 5.33. The predicted molar refractivity (Wildman–Crippen MR) is 35.0 cm³/mol. The third-order valence-electron chi connectivity index (χ3n) is 1.56. The monoisotopic (exact) mass is 128 g/mol. The summed E-state index contributed by atoms with van der Waals surface area (Å²) in [5.74, 6) is 0. The van der Waals surface area contributed by atoms with E-state index in [1.807, 2.05) is 0 Å². The highest BCUT2D eigenvalue weighted by Crippen LogP contribution is 2.10. The molecule has 0 heterocycles. The number of hydrogen-bond acceptors (Lipinski definition) is 2. The number of rotatable bonds is 0. The molecule has 0 radical (unpaired) electrons. The van der Waals surface area contributed by atoms with Crippen molar-refractivity contribution in [1.29, 1.82) is 0 Å². The van der Waals surface area contributed by atoms with E-state index in [0.717, 1.165) is 19.3 Å². The van der Waals surface area contributed by atoms with Crippen molar-refractivity contribution in [3.05, 3.63) is 12.2 Å². The van der Waals surface area contributed by atoms with Gasteiger partial charge in [-0.15, -0.1) is 0 Å². The van der Waals surface area contributed by atoms with Crippen LogP contribution in [0.2, 0.25) is 0 Å². The summed E-state index contributed by atoms with van der Waals surface area (Å²) in [5.41, 5.74) is 0. The Hall–Kier alpha value is -0.340. The summed E-state index contributed by atoms with van der Waals surface area (Å²) in [5, 5.41) is 18.0. The van der Waals surface area contributed by atoms with Crippen LogP contribution in [0.25, 0.3) is 0 Å². The average molecular weight is 128 g/mol. The summed E-state index contributed by atoms with van der Waals surface area (Å²) < 4.78 is 0. The molecular weight excluding hydrogens is 116 g/mol. The molecule has 9 heavy (non-hydrogen) atoms. The Morgan fingerprint density at radius 2 is 1.44 bits per heavy atom. The highest BCUT2D eigenvalue weighted by atomic mass is 16.3. The topological polar surface area (TPSA) is 40.5 Å². The fourth-order valence-corrected chi connectivity index (χ4v) is 0.985. The zero-order chi connectivity index (χ0) is 6.69. The van der Waals surface area contributed by atoms with E-state index in [0.29, 0.717) is 0 Å². The van der Waals surface area contributed by atoms with Crippen LogP contribution in [0.5, 0.6) is 0 Å². The lowest BCUT2D eigenvalue weighted by molar-refractivity contribution is 0.197. The van der Waals surface area contributed by atoms with Crippen LogP contribution in [0.15, 0.2) is 12.2 Å². The van der Waals surface area contributed by atoms with E-state index in [2.05, 4.69) is 0 Å². The van der Waals surface area contributed by atoms with Crippen molar-refractivity contribution < 1.29 is 10.2 Å². The van der Waals surface area contributed by atoms with Gasteiger partial charge in [0.05, 0.1) is 12.2 Å². The van der Waals surface area contributed by atoms with Gasteiger partial charge < -0.3 is 10.2 Å². The lowest BCUT2D eigenvalue weighted by atomic mass is 10.2. The molecule has 2 nitrogen and oxygen atoms in total. The molecule has 0 aromatic heterocycles. The van der Waals surface area contributed by atoms with Gasteiger partial charge in [0.2, 0.25) is 0 Å². The molecule has 2 N–H and O–H groups in total. The van der Waals surface area contributed by atoms with Gasteiger partial charge in [0, 0.05) is 0 Å². The van der Waals surface area contributed by atoms with Crippen molar-refractivity contribution in [2.75, 3.05) is 0 Å². The highest BCUT2D eigenvalue weighted by Gasteiger charge is 2.07. The molecule has 1 rings (SSSR count). The average Bonchev–Trinajstić information content (AvgIpc) is 1.97. The van der Waals surface area contributed by atoms with E-state index in [4.69, 9.17) is 10.2 Å². The number of hydrogen-bond donors (Lipinski definition) is 2. The summed E-state index contributed by atoms with van der Waals surface area (Å²) in [6.07, 6.45) is 5.15. The third-order valence-corrected chi connectivity index (χ3v) is 1.56. The predicted octanol–water partition coefficient (Wildman–Crippen LogP) is 0.448. The maximum atomic E-state index is 9.01. The van der Waals surface area contributed by atoms with Crippen LogP contribution in [-0.4, -0.2) is 22.4 Å². The van der Waals surface area contributed by atoms with E-state index in [1.165, 1.54) is 0 Å². The Morgan fingerprint density at radius 3 is 1.89 bits per heavy atom. The van der Waals surface area contributed by atoms with Gasteiger partial charge in [-0.05, 0) is 19.3 Å². The SMILES string of the molecule is O[C@@H]1C=C[C@H](O)CCC1. The van der Waals surface area contributed by atoms with Crippen molar-refractivity contribution in [2.45, 2.75) is 31.5 Å². The fourth-order valence-electron chi connectivity index (χ4n) is 0.985. The van der Waals surface area contributed by atoms with Crippen LogP contribution in [-0.2, 0) is 0 Å². The lowest BCUT2D eigenvalue weighted by Crippen LogP contribution is -1.98. The first-order valence-corrected chi connectivity index (χ1v) is 3.33. The second-order valence-electron chi connectivity index (χ2n) is 2.45. The van der Waals surface area contributed by atoms with Gasteiger partial charge >= 0.3 is 0 Å². The summed E-state index contributed by atoms with van der Waals surface area (Å²) in [6.45, 7) is 0. The molecule has 0 saturated heterocycles. The first kappa shape index (κ1) is 6.78. The zero-order valence-corrected chi connectivity index (χ0v) is 5.33. The maximum absolute atomic E-state index is 9.01. The van der Waals surface area contributed by atoms with Gasteiger partial charge in [-0.1, -0.05) is 12.2 Å². The molecule has 52 valence electrons. The van der Waals surface area contributed by atoms with Crippen LogP contribution in [0.4, 0.5) is 0 Å². The first-order valence-electron chi connectivity index (χ1n) is 3.33. The molecule has 0 amide bonds. The minimum absolute atomic E-state index is 0.331. The molecule has 2 heteroatoms. The lowest BCUT2D eigenvalue weighted by Gasteiger charge is -1.99. The number of aliphatic hydroxyl groups excluding tert-OH is 2. The molecule has 0 fully saturated rings. The molecule has 0 unspecified atom stereocenters. The molecule has 2 atom stereocenters. The largest absolute Gasteiger partial charge is 0.389 e. The molecule has 0 aromatic carbocycles. The second kappa shape index (κ2) is 2.99. The molecule has 0 bridgehead atoms. The van der Waals surface area contributed by atoms with Crippen molar-refractivity contribution in [3.8, 4) is 0 Å². The van der Waals surface area contributed by atoms with Gasteiger partial charge in [-0.3, -0.25) is 0 Å². The Balaban J connectivity index is 2.43. The third kappa shape index (κ3) is 2.16. The van der Waals surface area contributed by atoms with Crippen molar-refractivity contribution in [1.82, 2.24) is 0 Å². The summed E-state index contributed by atoms with van der Waals surface area (Å²) in [6, 6.07) is 0. The molecule has 1 aliphatic rings. The minimum Gasteiger partial charge on any atom is -0.389 e. The van der Waals surface area contributed by atoms with Gasteiger partial charge in [0.1, 0.15) is 0 Å². The number of aliphatic hydroxyl groups is 2. The van der Waals surface area contributed by atoms with Crippen LogP contribution >= 0.6 is 0 Å². The first-order chi connectivity index (χ1) is 4.29. The van der Waals surface area contributed by atoms with Gasteiger partial charge in [0.15, 0.2) is 0 Å². The smallest absolute Gasteiger partial charge is 0.0721 e. The Kier molecular flexibility index (Phi) is 2.25. The minimum atomic E-state index is -0.331. The standard InChI is InChI=1S/C7H12O2/c8-6-2-1-3-7(9)5-4-6/h4-9H,1-3H2/t6-,7+. The van der Waals surface area contributed by atoms with Crippen LogP contribution in [0, 0.1) is 0 Å². The van der Waals surface area contributed by atoms with E-state index in [-0.39, 0.29) is 12.2 Å². The van der Waals surface area contributed by atoms with Crippen molar-refractivity contribution in [2.24, 2.45) is 0 Å². The van der Waals surface area contributed by atoms with E-state index >= 15 is 0 Å². The quantitative estimate of drug-likeness (QED) is 0.465. The van der Waals surface area contributed by atoms with Crippen molar-refractivity contribution in [3.63, 3.8) is 0 Å². The van der Waals surface area contributed by atoms with Gasteiger partial charge in [-0.2, -0.15) is 0 Å². The summed E-state index contributed by atoms with van der Waals surface area (Å²) >= 11 is 0. The summed E-state index contributed by atoms with van der Waals surface area (Å²) in [4.78, 5) is 0. The maximum Gasteiger partial charge on any atom is 0.0721 e. The van der Waals surface area contributed by atoms with E-state index in [9.17, 15) is 0 Å². The molecule has 1 aliphatic carbocycles. The molecule has 0 aromatic rings. The molecular formula is C7H12O2. The van der Waals surface area contributed by atoms with E-state index < -0.39 is 0 Å². The van der Waals surface area contributed by atoms with Crippen LogP contribution in [0.1, 0.15) is 19.3 Å². The van der Waals surface area contributed by atoms with Crippen LogP contribution < -0.4 is 0 Å². The van der Waals surface area contributed by atoms with Crippen molar-refractivity contribution >= 4 is 0 Å². The Labute approximate surface area is 54.8 Å². The summed E-state index contributed by atoms with van der Waals surface area (Å²) in [7, 11) is 0. The Morgan fingerprint density at radius 1 is 1.00 bits per heavy atom. The Bertz CT molecular complexity index is 97.5. The van der Waals surface area contributed by atoms with Gasteiger partial charge in [-0.25, -0.2) is 0 Å². The molecule has 0 spiro atoms. The van der Waals surface area contributed by atoms with E-state index in [1.54, 1.807) is 12.2 Å². The molecule has 0 aliphatic heterocycles. The second-order valence-corrected chi connectivity index (χ2v) is 2.45. The van der Waals surface area contributed by atoms with Crippen LogP contribution in [0.3, 0.4) is 0 Å². The highest BCUT2D eigenvalue weighted by molar-refractivity contribution is 4.96. The normalized spacial score (nSPS) is 36.2. The van der Waals surface area contributed by atoms with Gasteiger partial charge in [0.25, 0.3) is 0 Å². The fraction of sp³-hybridized carbons (Fsp3) is 0.714. The molecule has 0 saturated carbocycles.